The van der Waals surface area contributed by atoms with Crippen LogP contribution in [0.4, 0.5) is 0 Å². The number of carbonyl (C=O) groups is 1. The van der Waals surface area contributed by atoms with Gasteiger partial charge in [0, 0.05) is 44.4 Å². The quantitative estimate of drug-likeness (QED) is 0.122. The van der Waals surface area contributed by atoms with E-state index in [0.717, 1.165) is 0 Å². The van der Waals surface area contributed by atoms with Gasteiger partial charge < -0.3 is 53.2 Å². The molecule has 4 heterocycles. The highest BCUT2D eigenvalue weighted by atomic mass is 16.7. The minimum Gasteiger partial charge on any atom is -0.459 e. The van der Waals surface area contributed by atoms with E-state index < -0.39 is 108 Å². The summed E-state index contributed by atoms with van der Waals surface area (Å²) in [5.41, 5.74) is -3.53. The molecule has 4 aliphatic rings. The van der Waals surface area contributed by atoms with Gasteiger partial charge >= 0.3 is 5.97 Å². The third-order valence-corrected chi connectivity index (χ3v) is 13.7. The van der Waals surface area contributed by atoms with Crippen LogP contribution in [0, 0.1) is 40.9 Å². The van der Waals surface area contributed by atoms with Crippen molar-refractivity contribution in [3.05, 3.63) is 17.1 Å². The van der Waals surface area contributed by atoms with Crippen LogP contribution < -0.4 is 0 Å². The molecular formula is C44H74N2O13. The summed E-state index contributed by atoms with van der Waals surface area (Å²) in [6.07, 6.45) is -2.11. The fraction of sp³-hybridized carbons (Fsp3) is 0.886. The molecule has 338 valence electrons. The monoisotopic (exact) mass is 839 g/mol. The molecule has 4 aliphatic heterocycles. The zero-order valence-corrected chi connectivity index (χ0v) is 37.5. The zero-order valence-electron chi connectivity index (χ0n) is 37.5. The lowest BCUT2D eigenvalue weighted by molar-refractivity contribution is -0.320. The number of cyclic esters (lactones) is 1. The molecule has 4 unspecified atom stereocenters. The van der Waals surface area contributed by atoms with Crippen molar-refractivity contribution >= 4 is 5.97 Å². The highest BCUT2D eigenvalue weighted by Gasteiger charge is 2.55. The molecule has 4 saturated heterocycles. The van der Waals surface area contributed by atoms with Crippen LogP contribution in [0.15, 0.2) is 17.3 Å². The number of aliphatic hydroxyl groups excluding tert-OH is 2. The first-order valence-corrected chi connectivity index (χ1v) is 21.4. The summed E-state index contributed by atoms with van der Waals surface area (Å²) >= 11 is 0. The highest BCUT2D eigenvalue weighted by Crippen LogP contribution is 2.44. The second kappa shape index (κ2) is 20.4. The third kappa shape index (κ3) is 10.9. The van der Waals surface area contributed by atoms with E-state index in [9.17, 15) is 25.0 Å². The van der Waals surface area contributed by atoms with E-state index >= 15 is 0 Å². The summed E-state index contributed by atoms with van der Waals surface area (Å²) in [7, 11) is 3.42. The van der Waals surface area contributed by atoms with Crippen molar-refractivity contribution in [3.63, 3.8) is 0 Å². The molecule has 4 rings (SSSR count). The molecule has 4 fully saturated rings. The number of ether oxygens (including phenoxy) is 8. The molecule has 3 N–H and O–H groups in total. The Labute approximate surface area is 352 Å². The Bertz CT molecular complexity index is 1460. The average molecular weight is 839 g/mol. The van der Waals surface area contributed by atoms with E-state index in [0.29, 0.717) is 25.0 Å². The maximum atomic E-state index is 14.5. The molecule has 0 aliphatic carbocycles. The Kier molecular flexibility index (Phi) is 17.2. The van der Waals surface area contributed by atoms with Gasteiger partial charge in [-0.1, -0.05) is 39.5 Å². The van der Waals surface area contributed by atoms with Crippen LogP contribution in [-0.4, -0.2) is 150 Å². The maximum Gasteiger partial charge on any atom is 0.311 e. The molecule has 15 nitrogen and oxygen atoms in total. The molecule has 0 radical (unpaired) electrons. The van der Waals surface area contributed by atoms with Crippen LogP contribution in [0.2, 0.25) is 0 Å². The van der Waals surface area contributed by atoms with Gasteiger partial charge in [0.1, 0.15) is 23.9 Å². The first-order valence-electron chi connectivity index (χ1n) is 21.4. The summed E-state index contributed by atoms with van der Waals surface area (Å²) in [5, 5.41) is 39.1. The molecule has 0 saturated carbocycles. The van der Waals surface area contributed by atoms with Gasteiger partial charge in [0.25, 0.3) is 0 Å². The van der Waals surface area contributed by atoms with Crippen molar-refractivity contribution in [2.75, 3.05) is 33.9 Å². The van der Waals surface area contributed by atoms with Crippen LogP contribution in [0.3, 0.4) is 0 Å². The van der Waals surface area contributed by atoms with Crippen molar-refractivity contribution in [2.24, 2.45) is 28.8 Å². The molecular weight excluding hydrogens is 764 g/mol. The van der Waals surface area contributed by atoms with Crippen molar-refractivity contribution in [2.45, 2.75) is 192 Å². The molecule has 2 bridgehead atoms. The Balaban J connectivity index is 1.95. The number of fused-ring (bicyclic) bond motifs is 5. The summed E-state index contributed by atoms with van der Waals surface area (Å²) in [6, 6.07) is -1.25. The summed E-state index contributed by atoms with van der Waals surface area (Å²) < 4.78 is 51.9. The van der Waals surface area contributed by atoms with E-state index in [4.69, 9.17) is 44.3 Å². The maximum absolute atomic E-state index is 14.5. The number of nitroso groups, excluding NO2 is 1. The van der Waals surface area contributed by atoms with E-state index in [2.05, 4.69) is 17.7 Å². The first-order chi connectivity index (χ1) is 27.6. The number of hydrogen-bond donors (Lipinski definition) is 3. The number of carbonyl (C=O) groups excluding carboxylic acids is 1. The smallest absolute Gasteiger partial charge is 0.311 e. The van der Waals surface area contributed by atoms with Crippen molar-refractivity contribution in [3.8, 4) is 12.3 Å². The van der Waals surface area contributed by atoms with Crippen LogP contribution in [0.5, 0.6) is 0 Å². The van der Waals surface area contributed by atoms with Crippen LogP contribution in [-0.2, 0) is 42.7 Å². The van der Waals surface area contributed by atoms with Gasteiger partial charge in [0.15, 0.2) is 12.6 Å². The van der Waals surface area contributed by atoms with Gasteiger partial charge in [-0.3, -0.25) is 9.69 Å². The standard InChI is InChI=1S/C44H74N2O13/c1-15-17-18-46(13)31-19-26(5)55-41(35(31)47)59-38-28(7)36(58-33-21-42(10,52-14)37(48)30(9)56-33)29(8)40(49)57-32(16-2)44(12,50)39-27(6)34(45-51)25(4)20-43(38,11)54-23-24(3)22-53-39/h1,25-39,41,47-48,50H,3,16-23H2,2,4-14H3/t25-,26-,27+,28+,29-,30+,31+,32-,33?,34?,35-,36+,37+,38-,39?,41?,42-,43-,44-/m1/s1. The fourth-order valence-corrected chi connectivity index (χ4v) is 10.1. The predicted molar refractivity (Wildman–Crippen MR) is 220 cm³/mol. The number of esters is 1. The summed E-state index contributed by atoms with van der Waals surface area (Å²) in [6.45, 7) is 22.7. The molecule has 0 aromatic rings. The fourth-order valence-electron chi connectivity index (χ4n) is 10.1. The normalized spacial score (nSPS) is 47.0. The van der Waals surface area contributed by atoms with Crippen molar-refractivity contribution < 1.29 is 58.0 Å². The minimum atomic E-state index is -1.77. The lowest BCUT2D eigenvalue weighted by atomic mass is 9.72. The van der Waals surface area contributed by atoms with Crippen LogP contribution in [0.25, 0.3) is 0 Å². The Morgan fingerprint density at radius 2 is 1.71 bits per heavy atom. The van der Waals surface area contributed by atoms with Gasteiger partial charge in [-0.25, -0.2) is 0 Å². The van der Waals surface area contributed by atoms with E-state index in [1.807, 2.05) is 46.6 Å². The zero-order chi connectivity index (χ0) is 44.2. The summed E-state index contributed by atoms with van der Waals surface area (Å²) in [5.74, 6) is -0.840. The van der Waals surface area contributed by atoms with Gasteiger partial charge in [-0.15, -0.1) is 12.3 Å². The van der Waals surface area contributed by atoms with E-state index in [-0.39, 0.29) is 44.6 Å². The number of rotatable bonds is 10. The molecule has 0 aromatic heterocycles. The number of hydrogen-bond acceptors (Lipinski definition) is 15. The third-order valence-electron chi connectivity index (χ3n) is 13.7. The van der Waals surface area contributed by atoms with E-state index in [1.54, 1.807) is 34.6 Å². The SMILES string of the molecule is C#CCCN(C)[C@H]1C[C@@H](C)OC(O[C@@H]2[C@@H](C)[C@H](OC3C[C@@](C)(OC)[C@@H](O)[C@H](C)O3)[C@@H](C)C(=O)O[C@H](CC)[C@@](C)(O)C3OCC(=C)CO[C@]2(C)C[C@@H](C)C(N=O)[C@@H]3C)[C@@H]1O. The minimum absolute atomic E-state index is 0.0151. The number of likely N-dealkylation sites (N-methyl/N-ethyl adjacent to an activating group) is 1. The summed E-state index contributed by atoms with van der Waals surface area (Å²) in [4.78, 5) is 29.5. The number of methoxy groups -OCH3 is 1. The largest absolute Gasteiger partial charge is 0.459 e. The van der Waals surface area contributed by atoms with Crippen LogP contribution in [0.1, 0.15) is 101 Å². The number of aliphatic hydroxyl groups is 3. The van der Waals surface area contributed by atoms with E-state index in [1.165, 1.54) is 7.11 Å². The van der Waals surface area contributed by atoms with Gasteiger partial charge in [0.2, 0.25) is 0 Å². The number of terminal acetylenes is 1. The molecule has 0 amide bonds. The van der Waals surface area contributed by atoms with Gasteiger partial charge in [-0.2, -0.15) is 4.91 Å². The number of nitrogens with zero attached hydrogens (tertiary/aromatic N) is 2. The highest BCUT2D eigenvalue weighted by molar-refractivity contribution is 5.73. The Morgan fingerprint density at radius 3 is 2.32 bits per heavy atom. The molecule has 0 spiro atoms. The Hall–Kier alpha value is -2.07. The second-order valence-electron chi connectivity index (χ2n) is 18.6. The van der Waals surface area contributed by atoms with Gasteiger partial charge in [0.05, 0.1) is 66.9 Å². The van der Waals surface area contributed by atoms with Crippen molar-refractivity contribution in [1.29, 1.82) is 0 Å². The van der Waals surface area contributed by atoms with Gasteiger partial charge in [-0.05, 0) is 79.3 Å². The van der Waals surface area contributed by atoms with Crippen LogP contribution >= 0.6 is 0 Å². The second-order valence-corrected chi connectivity index (χ2v) is 18.6. The molecule has 59 heavy (non-hydrogen) atoms. The molecule has 15 heteroatoms. The predicted octanol–water partition coefficient (Wildman–Crippen LogP) is 4.36. The average Bonchev–Trinajstić information content (AvgIpc) is 3.19. The lowest BCUT2D eigenvalue weighted by Gasteiger charge is -2.50. The first kappa shape index (κ1) is 49.6. The van der Waals surface area contributed by atoms with Crippen molar-refractivity contribution in [1.82, 2.24) is 4.90 Å². The molecule has 0 aromatic carbocycles. The molecule has 19 atom stereocenters. The Morgan fingerprint density at radius 1 is 1.03 bits per heavy atom. The lowest BCUT2D eigenvalue weighted by Crippen LogP contribution is -2.62. The topological polar surface area (TPSA) is 184 Å².